The van der Waals surface area contributed by atoms with E-state index in [4.69, 9.17) is 0 Å². The van der Waals surface area contributed by atoms with Crippen LogP contribution in [0, 0.1) is 11.7 Å². The second-order valence-electron chi connectivity index (χ2n) is 5.52. The molecule has 0 amide bonds. The summed E-state index contributed by atoms with van der Waals surface area (Å²) in [6, 6.07) is 2.68. The Balaban J connectivity index is 1.87. The van der Waals surface area contributed by atoms with Crippen LogP contribution in [-0.2, 0) is 12.7 Å². The Morgan fingerprint density at radius 3 is 2.67 bits per heavy atom. The first-order valence-electron chi connectivity index (χ1n) is 7.18. The maximum atomic E-state index is 13.2. The van der Waals surface area contributed by atoms with Crippen LogP contribution in [0.4, 0.5) is 17.6 Å². The van der Waals surface area contributed by atoms with Crippen molar-refractivity contribution in [3.63, 3.8) is 0 Å². The van der Waals surface area contributed by atoms with Gasteiger partial charge in [-0.25, -0.2) is 4.39 Å². The van der Waals surface area contributed by atoms with Crippen LogP contribution in [0.3, 0.4) is 0 Å². The van der Waals surface area contributed by atoms with Gasteiger partial charge in [0.1, 0.15) is 5.82 Å². The summed E-state index contributed by atoms with van der Waals surface area (Å²) in [6.07, 6.45) is -3.41. The molecule has 21 heavy (non-hydrogen) atoms. The zero-order valence-corrected chi connectivity index (χ0v) is 12.0. The predicted octanol–water partition coefficient (Wildman–Crippen LogP) is 3.28. The molecule has 1 aromatic rings. The van der Waals surface area contributed by atoms with Crippen LogP contribution in [0.1, 0.15) is 24.5 Å². The van der Waals surface area contributed by atoms with E-state index in [0.29, 0.717) is 17.5 Å². The fraction of sp³-hybridized carbons (Fsp3) is 0.600. The van der Waals surface area contributed by atoms with Gasteiger partial charge in [-0.15, -0.1) is 0 Å². The SMILES string of the molecule is CCN1CCC(CNCc2cc(F)cc(C(F)(F)F)c2)C1. The smallest absolute Gasteiger partial charge is 0.312 e. The molecule has 2 nitrogen and oxygen atoms in total. The van der Waals surface area contributed by atoms with Gasteiger partial charge in [0, 0.05) is 13.1 Å². The van der Waals surface area contributed by atoms with Crippen molar-refractivity contribution in [3.05, 3.63) is 35.1 Å². The first kappa shape index (κ1) is 16.2. The van der Waals surface area contributed by atoms with Crippen LogP contribution in [0.25, 0.3) is 0 Å². The molecule has 6 heteroatoms. The molecule has 0 aromatic heterocycles. The third-order valence-electron chi connectivity index (χ3n) is 3.86. The fourth-order valence-electron chi connectivity index (χ4n) is 2.70. The average Bonchev–Trinajstić information content (AvgIpc) is 2.85. The van der Waals surface area contributed by atoms with Gasteiger partial charge in [-0.3, -0.25) is 0 Å². The van der Waals surface area contributed by atoms with Crippen molar-refractivity contribution in [2.24, 2.45) is 5.92 Å². The van der Waals surface area contributed by atoms with Crippen LogP contribution in [0.5, 0.6) is 0 Å². The minimum atomic E-state index is -4.51. The van der Waals surface area contributed by atoms with Crippen LogP contribution >= 0.6 is 0 Å². The number of hydrogen-bond acceptors (Lipinski definition) is 2. The molecule has 0 saturated carbocycles. The largest absolute Gasteiger partial charge is 0.416 e. The van der Waals surface area contributed by atoms with Crippen molar-refractivity contribution in [3.8, 4) is 0 Å². The van der Waals surface area contributed by atoms with E-state index in [1.165, 1.54) is 0 Å². The average molecular weight is 304 g/mol. The Kier molecular flexibility index (Phi) is 5.22. The van der Waals surface area contributed by atoms with Crippen molar-refractivity contribution in [1.82, 2.24) is 10.2 Å². The molecule has 1 aliphatic heterocycles. The van der Waals surface area contributed by atoms with E-state index in [-0.39, 0.29) is 6.54 Å². The first-order valence-corrected chi connectivity index (χ1v) is 7.18. The molecule has 1 saturated heterocycles. The highest BCUT2D eigenvalue weighted by atomic mass is 19.4. The zero-order valence-electron chi connectivity index (χ0n) is 12.0. The molecule has 0 aliphatic carbocycles. The summed E-state index contributed by atoms with van der Waals surface area (Å²) in [6.45, 7) is 6.22. The van der Waals surface area contributed by atoms with Crippen molar-refractivity contribution < 1.29 is 17.6 Å². The third-order valence-corrected chi connectivity index (χ3v) is 3.86. The normalized spacial score (nSPS) is 20.1. The summed E-state index contributed by atoms with van der Waals surface area (Å²) in [7, 11) is 0. The van der Waals surface area contributed by atoms with Gasteiger partial charge in [-0.2, -0.15) is 13.2 Å². The standard InChI is InChI=1S/C15H20F4N2/c1-2-21-4-3-11(10-21)8-20-9-12-5-13(15(17,18)19)7-14(16)6-12/h5-7,11,20H,2-4,8-10H2,1H3. The second kappa shape index (κ2) is 6.75. The van der Waals surface area contributed by atoms with E-state index < -0.39 is 17.6 Å². The third kappa shape index (κ3) is 4.68. The molecule has 1 fully saturated rings. The Morgan fingerprint density at radius 1 is 1.29 bits per heavy atom. The van der Waals surface area contributed by atoms with E-state index in [2.05, 4.69) is 17.1 Å². The van der Waals surface area contributed by atoms with E-state index in [1.54, 1.807) is 0 Å². The van der Waals surface area contributed by atoms with Gasteiger partial charge in [-0.1, -0.05) is 6.92 Å². The van der Waals surface area contributed by atoms with Gasteiger partial charge in [-0.05, 0) is 55.7 Å². The number of halogens is 4. The summed E-state index contributed by atoms with van der Waals surface area (Å²) in [4.78, 5) is 2.34. The number of alkyl halides is 3. The molecule has 1 aromatic carbocycles. The van der Waals surface area contributed by atoms with Crippen molar-refractivity contribution in [2.45, 2.75) is 26.1 Å². The van der Waals surface area contributed by atoms with Crippen LogP contribution in [0.2, 0.25) is 0 Å². The highest BCUT2D eigenvalue weighted by Gasteiger charge is 2.31. The number of likely N-dealkylation sites (tertiary alicyclic amines) is 1. The Bertz CT molecular complexity index is 473. The predicted molar refractivity (Wildman–Crippen MR) is 73.3 cm³/mol. The molecule has 0 radical (unpaired) electrons. The number of hydrogen-bond donors (Lipinski definition) is 1. The zero-order chi connectivity index (χ0) is 15.5. The van der Waals surface area contributed by atoms with Crippen molar-refractivity contribution in [1.29, 1.82) is 0 Å². The maximum absolute atomic E-state index is 13.2. The molecular weight excluding hydrogens is 284 g/mol. The minimum Gasteiger partial charge on any atom is -0.312 e. The van der Waals surface area contributed by atoms with E-state index in [1.807, 2.05) is 0 Å². The Labute approximate surface area is 122 Å². The van der Waals surface area contributed by atoms with Crippen LogP contribution in [0.15, 0.2) is 18.2 Å². The second-order valence-corrected chi connectivity index (χ2v) is 5.52. The van der Waals surface area contributed by atoms with Gasteiger partial charge >= 0.3 is 6.18 Å². The molecule has 0 spiro atoms. The lowest BCUT2D eigenvalue weighted by atomic mass is 10.1. The monoisotopic (exact) mass is 304 g/mol. The lowest BCUT2D eigenvalue weighted by Gasteiger charge is -2.14. The summed E-state index contributed by atoms with van der Waals surface area (Å²) in [5, 5.41) is 3.13. The molecule has 1 heterocycles. The van der Waals surface area contributed by atoms with E-state index >= 15 is 0 Å². The fourth-order valence-corrected chi connectivity index (χ4v) is 2.70. The highest BCUT2D eigenvalue weighted by molar-refractivity contribution is 5.26. The van der Waals surface area contributed by atoms with E-state index in [9.17, 15) is 17.6 Å². The highest BCUT2D eigenvalue weighted by Crippen LogP contribution is 2.30. The van der Waals surface area contributed by atoms with Crippen LogP contribution in [-0.4, -0.2) is 31.1 Å². The maximum Gasteiger partial charge on any atom is 0.416 e. The molecule has 2 rings (SSSR count). The minimum absolute atomic E-state index is 0.253. The Hall–Kier alpha value is -1.14. The van der Waals surface area contributed by atoms with Crippen LogP contribution < -0.4 is 5.32 Å². The van der Waals surface area contributed by atoms with E-state index in [0.717, 1.165) is 44.7 Å². The van der Waals surface area contributed by atoms with Gasteiger partial charge < -0.3 is 10.2 Å². The molecule has 118 valence electrons. The first-order chi connectivity index (χ1) is 9.88. The van der Waals surface area contributed by atoms with Crippen molar-refractivity contribution >= 4 is 0 Å². The molecule has 0 bridgehead atoms. The molecule has 1 atom stereocenters. The summed E-state index contributed by atoms with van der Waals surface area (Å²) in [5.41, 5.74) is -0.606. The topological polar surface area (TPSA) is 15.3 Å². The number of nitrogens with one attached hydrogen (secondary N) is 1. The summed E-state index contributed by atoms with van der Waals surface area (Å²) >= 11 is 0. The summed E-state index contributed by atoms with van der Waals surface area (Å²) in [5.74, 6) is -0.333. The van der Waals surface area contributed by atoms with Gasteiger partial charge in [0.15, 0.2) is 0 Å². The molecule has 1 unspecified atom stereocenters. The van der Waals surface area contributed by atoms with Gasteiger partial charge in [0.25, 0.3) is 0 Å². The summed E-state index contributed by atoms with van der Waals surface area (Å²) < 4.78 is 51.1. The van der Waals surface area contributed by atoms with Gasteiger partial charge in [0.2, 0.25) is 0 Å². The molecule has 1 aliphatic rings. The quantitative estimate of drug-likeness (QED) is 0.840. The Morgan fingerprint density at radius 2 is 2.05 bits per heavy atom. The van der Waals surface area contributed by atoms with Crippen molar-refractivity contribution in [2.75, 3.05) is 26.2 Å². The molecular formula is C15H20F4N2. The van der Waals surface area contributed by atoms with Gasteiger partial charge in [0.05, 0.1) is 5.56 Å². The number of rotatable bonds is 5. The molecule has 1 N–H and O–H groups in total. The number of benzene rings is 1. The lowest BCUT2D eigenvalue weighted by molar-refractivity contribution is -0.137. The lowest BCUT2D eigenvalue weighted by Crippen LogP contribution is -2.26. The number of nitrogens with zero attached hydrogens (tertiary/aromatic N) is 1.